The summed E-state index contributed by atoms with van der Waals surface area (Å²) in [5.74, 6) is -0.682. The third-order valence-corrected chi connectivity index (χ3v) is 3.66. The van der Waals surface area contributed by atoms with Crippen molar-refractivity contribution in [2.24, 2.45) is 0 Å². The van der Waals surface area contributed by atoms with Crippen molar-refractivity contribution >= 4 is 93.5 Å². The summed E-state index contributed by atoms with van der Waals surface area (Å²) in [6, 6.07) is 0. The van der Waals surface area contributed by atoms with Crippen molar-refractivity contribution in [2.75, 3.05) is 0 Å². The summed E-state index contributed by atoms with van der Waals surface area (Å²) >= 11 is 28.8. The van der Waals surface area contributed by atoms with Crippen molar-refractivity contribution < 1.29 is 9.53 Å². The van der Waals surface area contributed by atoms with E-state index in [-0.39, 0.29) is 60.4 Å². The first-order valence-electron chi connectivity index (χ1n) is 4.56. The zero-order valence-electron chi connectivity index (χ0n) is 10.0. The van der Waals surface area contributed by atoms with Crippen molar-refractivity contribution in [3.8, 4) is 5.75 Å². The van der Waals surface area contributed by atoms with Crippen molar-refractivity contribution in [2.45, 2.75) is 6.92 Å². The molecule has 108 valence electrons. The van der Waals surface area contributed by atoms with Crippen LogP contribution in [0.25, 0.3) is 0 Å². The number of hydrogen-bond acceptors (Lipinski definition) is 2. The maximum atomic E-state index is 10.8. The number of ether oxygens (including phenoxy) is 1. The molecule has 0 atom stereocenters. The Morgan fingerprint density at radius 2 is 1.05 bits per heavy atom. The normalized spacial score (nSPS) is 8.10. The number of hydrogen-bond donors (Lipinski definition) is 0. The third kappa shape index (κ3) is 7.06. The van der Waals surface area contributed by atoms with Crippen LogP contribution in [0.1, 0.15) is 6.92 Å². The van der Waals surface area contributed by atoms with E-state index >= 15 is 0 Å². The second-order valence-corrected chi connectivity index (χ2v) is 4.38. The van der Waals surface area contributed by atoms with Gasteiger partial charge in [-0.2, -0.15) is 0 Å². The topological polar surface area (TPSA) is 26.3 Å². The molecule has 8 heteroatoms. The fourth-order valence-electron chi connectivity index (χ4n) is 0.818. The molecule has 0 bridgehead atoms. The average Bonchev–Trinajstić information content (AvgIpc) is 2.43. The van der Waals surface area contributed by atoms with Crippen LogP contribution in [0.15, 0.2) is 26.3 Å². The molecule has 0 aliphatic rings. The Morgan fingerprint density at radius 1 is 0.800 bits per heavy atom. The molecule has 1 aromatic carbocycles. The van der Waals surface area contributed by atoms with Gasteiger partial charge in [0, 0.05) is 6.92 Å². The molecule has 20 heavy (non-hydrogen) atoms. The van der Waals surface area contributed by atoms with Crippen LogP contribution in [0.4, 0.5) is 0 Å². The molecule has 0 aliphatic carbocycles. The van der Waals surface area contributed by atoms with Crippen LogP contribution in [-0.4, -0.2) is 35.5 Å². The number of esters is 1. The minimum atomic E-state index is -0.590. The van der Waals surface area contributed by atoms with Crippen molar-refractivity contribution in [3.63, 3.8) is 0 Å². The Kier molecular flexibility index (Phi) is 17.0. The number of carbonyl (C=O) groups excluding carboxylic acids is 1. The third-order valence-electron chi connectivity index (χ3n) is 1.42. The zero-order chi connectivity index (χ0) is 15.7. The standard InChI is InChI=1S/C8H3Cl5O2.2C2H4.Na.H/c1-2(14)15-8-6(12)4(10)3(9)5(11)7(8)13;2*1-2;;/h1H3;2*1-2H2;;. The molecule has 0 aliphatic heterocycles. The summed E-state index contributed by atoms with van der Waals surface area (Å²) < 4.78 is 4.76. The fraction of sp³-hybridized carbons (Fsp3) is 0.0833. The van der Waals surface area contributed by atoms with Gasteiger partial charge in [-0.1, -0.05) is 58.0 Å². The average molecular weight is 388 g/mol. The van der Waals surface area contributed by atoms with E-state index in [0.29, 0.717) is 0 Å². The van der Waals surface area contributed by atoms with Crippen LogP contribution in [0.5, 0.6) is 5.75 Å². The fourth-order valence-corrected chi connectivity index (χ4v) is 2.02. The van der Waals surface area contributed by atoms with E-state index in [4.69, 9.17) is 62.7 Å². The second-order valence-electron chi connectivity index (χ2n) is 2.49. The summed E-state index contributed by atoms with van der Waals surface area (Å²) in [6.07, 6.45) is 0. The Hall–Kier alpha value is 0.620. The van der Waals surface area contributed by atoms with E-state index in [2.05, 4.69) is 26.3 Å². The van der Waals surface area contributed by atoms with Crippen LogP contribution < -0.4 is 4.74 Å². The quantitative estimate of drug-likeness (QED) is 0.151. The molecule has 0 saturated carbocycles. The maximum absolute atomic E-state index is 10.8. The monoisotopic (exact) mass is 386 g/mol. The van der Waals surface area contributed by atoms with Gasteiger partial charge < -0.3 is 4.74 Å². The van der Waals surface area contributed by atoms with Crippen LogP contribution >= 0.6 is 58.0 Å². The summed E-state index contributed by atoms with van der Waals surface area (Å²) in [4.78, 5) is 10.8. The van der Waals surface area contributed by atoms with Gasteiger partial charge in [0.25, 0.3) is 0 Å². The van der Waals surface area contributed by atoms with E-state index in [0.717, 1.165) is 0 Å². The molecule has 0 spiro atoms. The van der Waals surface area contributed by atoms with Crippen molar-refractivity contribution in [3.05, 3.63) is 51.4 Å². The molecule has 0 fully saturated rings. The van der Waals surface area contributed by atoms with Gasteiger partial charge in [-0.15, -0.1) is 26.3 Å². The van der Waals surface area contributed by atoms with E-state index in [1.54, 1.807) is 0 Å². The molecule has 1 rings (SSSR count). The molecular weight excluding hydrogens is 376 g/mol. The predicted molar refractivity (Wildman–Crippen MR) is 92.5 cm³/mol. The van der Waals surface area contributed by atoms with Gasteiger partial charge in [-0.25, -0.2) is 0 Å². The van der Waals surface area contributed by atoms with Gasteiger partial charge in [0.05, 0.1) is 15.1 Å². The van der Waals surface area contributed by atoms with Crippen LogP contribution in [0.2, 0.25) is 25.1 Å². The van der Waals surface area contributed by atoms with E-state index in [1.807, 2.05) is 0 Å². The molecule has 0 unspecified atom stereocenters. The van der Waals surface area contributed by atoms with E-state index in [9.17, 15) is 4.79 Å². The van der Waals surface area contributed by atoms with Crippen LogP contribution in [-0.2, 0) is 4.79 Å². The van der Waals surface area contributed by atoms with Gasteiger partial charge in [-0.3, -0.25) is 4.79 Å². The number of carbonyl (C=O) groups is 1. The number of rotatable bonds is 1. The molecule has 1 aromatic rings. The van der Waals surface area contributed by atoms with Gasteiger partial charge in [0.15, 0.2) is 5.75 Å². The Bertz CT molecular complexity index is 435. The Balaban J connectivity index is -0.000000529. The Morgan fingerprint density at radius 3 is 1.30 bits per heavy atom. The molecule has 0 radical (unpaired) electrons. The van der Waals surface area contributed by atoms with E-state index < -0.39 is 5.97 Å². The molecule has 0 amide bonds. The first-order chi connectivity index (χ1) is 8.86. The van der Waals surface area contributed by atoms with E-state index in [1.165, 1.54) is 6.92 Å². The number of benzene rings is 1. The minimum absolute atomic E-state index is 0. The molecule has 0 heterocycles. The van der Waals surface area contributed by atoms with Gasteiger partial charge in [0.1, 0.15) is 10.0 Å². The van der Waals surface area contributed by atoms with Gasteiger partial charge >= 0.3 is 35.5 Å². The van der Waals surface area contributed by atoms with Gasteiger partial charge in [0.2, 0.25) is 0 Å². The summed E-state index contributed by atoms with van der Waals surface area (Å²) in [5, 5.41) is -0.102. The summed E-state index contributed by atoms with van der Waals surface area (Å²) in [5.41, 5.74) is 0. The molecular formula is C12H12Cl5NaO2. The number of halogens is 5. The zero-order valence-corrected chi connectivity index (χ0v) is 13.8. The second kappa shape index (κ2) is 13.3. The van der Waals surface area contributed by atoms with Gasteiger partial charge in [-0.05, 0) is 0 Å². The first-order valence-corrected chi connectivity index (χ1v) is 6.45. The molecule has 0 saturated heterocycles. The first kappa shape index (κ1) is 25.6. The summed E-state index contributed by atoms with van der Waals surface area (Å²) in [6.45, 7) is 13.2. The predicted octanol–water partition coefficient (Wildman–Crippen LogP) is 5.83. The van der Waals surface area contributed by atoms with Crippen molar-refractivity contribution in [1.29, 1.82) is 0 Å². The SMILES string of the molecule is C=C.C=C.CC(=O)Oc1c(Cl)c(Cl)c(Cl)c(Cl)c1Cl.[NaH]. The summed E-state index contributed by atoms with van der Waals surface area (Å²) in [7, 11) is 0. The molecule has 0 aromatic heterocycles. The Labute approximate surface area is 165 Å². The van der Waals surface area contributed by atoms with Crippen molar-refractivity contribution in [1.82, 2.24) is 0 Å². The van der Waals surface area contributed by atoms with Crippen LogP contribution in [0.3, 0.4) is 0 Å². The molecule has 2 nitrogen and oxygen atoms in total. The molecule has 0 N–H and O–H groups in total. The van der Waals surface area contributed by atoms with Crippen LogP contribution in [0, 0.1) is 0 Å².